The Bertz CT molecular complexity index is 265. The molecule has 1 aliphatic rings. The van der Waals surface area contributed by atoms with Crippen LogP contribution in [0.1, 0.15) is 6.42 Å². The van der Waals surface area contributed by atoms with Gasteiger partial charge in [-0.15, -0.1) is 0 Å². The highest BCUT2D eigenvalue weighted by Gasteiger charge is 2.37. The molecule has 0 aromatic rings. The molecule has 1 fully saturated rings. The van der Waals surface area contributed by atoms with E-state index in [1.54, 1.807) is 7.05 Å². The van der Waals surface area contributed by atoms with Crippen molar-refractivity contribution in [3.63, 3.8) is 0 Å². The fourth-order valence-electron chi connectivity index (χ4n) is 1.64. The second-order valence-corrected chi connectivity index (χ2v) is 3.27. The minimum atomic E-state index is -0.960. The van der Waals surface area contributed by atoms with E-state index in [9.17, 15) is 9.59 Å². The summed E-state index contributed by atoms with van der Waals surface area (Å²) in [7, 11) is 1.76. The minimum Gasteiger partial charge on any atom is -0.480 e. The highest BCUT2D eigenvalue weighted by molar-refractivity contribution is 5.91. The first-order valence-electron chi connectivity index (χ1n) is 4.43. The second kappa shape index (κ2) is 4.23. The summed E-state index contributed by atoms with van der Waals surface area (Å²) in [6.07, 6.45) is 1.60. The fraction of sp³-hybridized carbons (Fsp3) is 0.556. The lowest BCUT2D eigenvalue weighted by molar-refractivity contribution is -0.146. The zero-order chi connectivity index (χ0) is 10.7. The van der Waals surface area contributed by atoms with E-state index < -0.39 is 12.0 Å². The van der Waals surface area contributed by atoms with E-state index in [0.29, 0.717) is 13.0 Å². The molecule has 1 rings (SSSR count). The Labute approximate surface area is 82.4 Å². The van der Waals surface area contributed by atoms with Crippen molar-refractivity contribution in [3.8, 4) is 0 Å². The first-order valence-corrected chi connectivity index (χ1v) is 4.43. The van der Waals surface area contributed by atoms with Crippen molar-refractivity contribution >= 4 is 11.9 Å². The number of carbonyl (C=O) groups is 2. The molecule has 0 unspecified atom stereocenters. The third-order valence-corrected chi connectivity index (χ3v) is 2.45. The number of aliphatic carboxylic acids is 1. The number of nitrogens with one attached hydrogen (secondary N) is 1. The molecule has 2 N–H and O–H groups in total. The average Bonchev–Trinajstić information content (AvgIpc) is 2.60. The monoisotopic (exact) mass is 198 g/mol. The topological polar surface area (TPSA) is 69.6 Å². The van der Waals surface area contributed by atoms with E-state index in [2.05, 4.69) is 11.9 Å². The molecule has 2 atom stereocenters. The summed E-state index contributed by atoms with van der Waals surface area (Å²) >= 11 is 0. The number of carbonyl (C=O) groups excluding carboxylic acids is 1. The number of rotatable bonds is 3. The van der Waals surface area contributed by atoms with E-state index >= 15 is 0 Å². The molecule has 1 amide bonds. The molecule has 1 aliphatic heterocycles. The van der Waals surface area contributed by atoms with Crippen molar-refractivity contribution in [3.05, 3.63) is 12.7 Å². The number of hydrogen-bond donors (Lipinski definition) is 2. The zero-order valence-electron chi connectivity index (χ0n) is 8.06. The number of likely N-dealkylation sites (tertiary alicyclic amines) is 1. The van der Waals surface area contributed by atoms with Gasteiger partial charge in [-0.3, -0.25) is 4.79 Å². The van der Waals surface area contributed by atoms with Gasteiger partial charge in [0.1, 0.15) is 6.04 Å². The molecule has 0 aliphatic carbocycles. The van der Waals surface area contributed by atoms with Gasteiger partial charge < -0.3 is 15.3 Å². The molecule has 14 heavy (non-hydrogen) atoms. The van der Waals surface area contributed by atoms with Crippen molar-refractivity contribution in [2.24, 2.45) is 0 Å². The average molecular weight is 198 g/mol. The summed E-state index contributed by atoms with van der Waals surface area (Å²) in [5.74, 6) is -1.28. The summed E-state index contributed by atoms with van der Waals surface area (Å²) in [4.78, 5) is 23.5. The third kappa shape index (κ3) is 1.93. The number of hydrogen-bond acceptors (Lipinski definition) is 3. The molecule has 0 aromatic carbocycles. The van der Waals surface area contributed by atoms with E-state index in [1.165, 1.54) is 4.90 Å². The molecular weight excluding hydrogens is 184 g/mol. The third-order valence-electron chi connectivity index (χ3n) is 2.45. The maximum Gasteiger partial charge on any atom is 0.326 e. The summed E-state index contributed by atoms with van der Waals surface area (Å²) < 4.78 is 0. The van der Waals surface area contributed by atoms with Crippen LogP contribution in [0.5, 0.6) is 0 Å². The van der Waals surface area contributed by atoms with Crippen molar-refractivity contribution < 1.29 is 14.7 Å². The largest absolute Gasteiger partial charge is 0.480 e. The maximum atomic E-state index is 11.3. The number of likely N-dealkylation sites (N-methyl/N-ethyl adjacent to an activating group) is 1. The standard InChI is InChI=1S/C9H14N2O3/c1-3-8(12)11-5-6(10-2)4-7(11)9(13)14/h3,6-7,10H,1,4-5H2,2H3,(H,13,14)/t6-,7-/m0/s1. The molecule has 78 valence electrons. The van der Waals surface area contributed by atoms with Crippen LogP contribution < -0.4 is 5.32 Å². The smallest absolute Gasteiger partial charge is 0.326 e. The van der Waals surface area contributed by atoms with Crippen molar-refractivity contribution in [2.75, 3.05) is 13.6 Å². The van der Waals surface area contributed by atoms with Crippen LogP contribution in [0.4, 0.5) is 0 Å². The molecule has 0 radical (unpaired) electrons. The lowest BCUT2D eigenvalue weighted by Crippen LogP contribution is -2.39. The van der Waals surface area contributed by atoms with Gasteiger partial charge in [-0.1, -0.05) is 6.58 Å². The first kappa shape index (κ1) is 10.7. The molecule has 5 heteroatoms. The summed E-state index contributed by atoms with van der Waals surface area (Å²) in [6.45, 7) is 3.77. The first-order chi connectivity index (χ1) is 6.60. The van der Waals surface area contributed by atoms with Gasteiger partial charge in [0, 0.05) is 12.6 Å². The Kier molecular flexibility index (Phi) is 3.24. The highest BCUT2D eigenvalue weighted by Crippen LogP contribution is 2.18. The van der Waals surface area contributed by atoms with Gasteiger partial charge in [0.25, 0.3) is 0 Å². The van der Waals surface area contributed by atoms with E-state index in [1.807, 2.05) is 0 Å². The highest BCUT2D eigenvalue weighted by atomic mass is 16.4. The lowest BCUT2D eigenvalue weighted by Gasteiger charge is -2.19. The molecule has 0 spiro atoms. The quantitative estimate of drug-likeness (QED) is 0.597. The van der Waals surface area contributed by atoms with E-state index in [0.717, 1.165) is 6.08 Å². The Morgan fingerprint density at radius 1 is 1.64 bits per heavy atom. The Morgan fingerprint density at radius 2 is 2.29 bits per heavy atom. The Morgan fingerprint density at radius 3 is 2.71 bits per heavy atom. The molecular formula is C9H14N2O3. The molecule has 0 bridgehead atoms. The van der Waals surface area contributed by atoms with Crippen molar-refractivity contribution in [2.45, 2.75) is 18.5 Å². The van der Waals surface area contributed by atoms with Gasteiger partial charge in [-0.25, -0.2) is 4.79 Å². The number of nitrogens with zero attached hydrogens (tertiary/aromatic N) is 1. The predicted molar refractivity (Wildman–Crippen MR) is 50.8 cm³/mol. The summed E-state index contributed by atoms with van der Waals surface area (Å²) in [5, 5.41) is 11.9. The second-order valence-electron chi connectivity index (χ2n) is 3.27. The van der Waals surface area contributed by atoms with Crippen molar-refractivity contribution in [1.82, 2.24) is 10.2 Å². The SMILES string of the molecule is C=CC(=O)N1C[C@@H](NC)C[C@H]1C(=O)O. The van der Waals surface area contributed by atoms with Crippen LogP contribution in [-0.4, -0.2) is 47.6 Å². The zero-order valence-corrected chi connectivity index (χ0v) is 8.06. The van der Waals surface area contributed by atoms with Gasteiger partial charge in [0.05, 0.1) is 0 Å². The van der Waals surface area contributed by atoms with E-state index in [4.69, 9.17) is 5.11 Å². The van der Waals surface area contributed by atoms with Gasteiger partial charge in [-0.05, 0) is 19.5 Å². The molecule has 1 saturated heterocycles. The Balaban J connectivity index is 2.76. The van der Waals surface area contributed by atoms with Crippen LogP contribution in [0, 0.1) is 0 Å². The predicted octanol–water partition coefficient (Wildman–Crippen LogP) is -0.554. The van der Waals surface area contributed by atoms with Gasteiger partial charge >= 0.3 is 5.97 Å². The van der Waals surface area contributed by atoms with E-state index in [-0.39, 0.29) is 11.9 Å². The van der Waals surface area contributed by atoms with Gasteiger partial charge in [0.15, 0.2) is 0 Å². The normalized spacial score (nSPS) is 26.2. The Hall–Kier alpha value is -1.36. The summed E-state index contributed by atoms with van der Waals surface area (Å²) in [5.41, 5.74) is 0. The molecule has 1 heterocycles. The maximum absolute atomic E-state index is 11.3. The van der Waals surface area contributed by atoms with Crippen LogP contribution in [-0.2, 0) is 9.59 Å². The van der Waals surface area contributed by atoms with Crippen LogP contribution in [0.25, 0.3) is 0 Å². The number of carboxylic acids is 1. The molecule has 0 saturated carbocycles. The van der Waals surface area contributed by atoms with Crippen LogP contribution >= 0.6 is 0 Å². The van der Waals surface area contributed by atoms with Gasteiger partial charge in [0.2, 0.25) is 5.91 Å². The fourth-order valence-corrected chi connectivity index (χ4v) is 1.64. The number of carboxylic acid groups (broad SMARTS) is 1. The van der Waals surface area contributed by atoms with Crippen LogP contribution in [0.3, 0.4) is 0 Å². The van der Waals surface area contributed by atoms with Gasteiger partial charge in [-0.2, -0.15) is 0 Å². The minimum absolute atomic E-state index is 0.0556. The lowest BCUT2D eigenvalue weighted by atomic mass is 10.2. The van der Waals surface area contributed by atoms with Crippen LogP contribution in [0.15, 0.2) is 12.7 Å². The van der Waals surface area contributed by atoms with Crippen molar-refractivity contribution in [1.29, 1.82) is 0 Å². The molecule has 5 nitrogen and oxygen atoms in total. The van der Waals surface area contributed by atoms with Crippen LogP contribution in [0.2, 0.25) is 0 Å². The number of amides is 1. The summed E-state index contributed by atoms with van der Waals surface area (Å²) in [6, 6.07) is -0.669. The molecule has 0 aromatic heterocycles.